The number of rotatable bonds is 6. The first-order valence-electron chi connectivity index (χ1n) is 6.13. The Morgan fingerprint density at radius 1 is 1.44 bits per heavy atom. The van der Waals surface area contributed by atoms with Crippen LogP contribution in [0.5, 0.6) is 0 Å². The van der Waals surface area contributed by atoms with E-state index >= 15 is 0 Å². The third-order valence-corrected chi connectivity index (χ3v) is 5.27. The van der Waals surface area contributed by atoms with Gasteiger partial charge in [-0.05, 0) is 18.6 Å². The van der Waals surface area contributed by atoms with E-state index in [0.29, 0.717) is 0 Å². The maximum atomic E-state index is 9.44. The molecular formula is C13H18N2OS2. The number of hydrogen-bond acceptors (Lipinski definition) is 5. The van der Waals surface area contributed by atoms with E-state index in [-0.39, 0.29) is 17.9 Å². The minimum atomic E-state index is 0.0250. The molecule has 2 atom stereocenters. The van der Waals surface area contributed by atoms with Gasteiger partial charge in [0.15, 0.2) is 4.34 Å². The third-order valence-electron chi connectivity index (χ3n) is 2.81. The summed E-state index contributed by atoms with van der Waals surface area (Å²) in [6.45, 7) is 2.21. The summed E-state index contributed by atoms with van der Waals surface area (Å²) in [4.78, 5) is 4.56. The summed E-state index contributed by atoms with van der Waals surface area (Å²) in [6, 6.07) is 8.11. The Kier molecular flexibility index (Phi) is 5.00. The van der Waals surface area contributed by atoms with Crippen LogP contribution >= 0.6 is 23.1 Å². The first-order valence-corrected chi connectivity index (χ1v) is 7.83. The molecule has 0 aliphatic carbocycles. The topological polar surface area (TPSA) is 59.1 Å². The zero-order valence-electron chi connectivity index (χ0n) is 10.4. The lowest BCUT2D eigenvalue weighted by Crippen LogP contribution is -2.34. The number of para-hydroxylation sites is 1. The van der Waals surface area contributed by atoms with Crippen LogP contribution in [0.2, 0.25) is 0 Å². The van der Waals surface area contributed by atoms with Crippen LogP contribution < -0.4 is 5.73 Å². The van der Waals surface area contributed by atoms with E-state index in [4.69, 9.17) is 5.73 Å². The highest BCUT2D eigenvalue weighted by atomic mass is 32.2. The molecule has 5 heteroatoms. The molecule has 0 amide bonds. The number of thioether (sulfide) groups is 1. The van der Waals surface area contributed by atoms with Crippen molar-refractivity contribution in [2.45, 2.75) is 35.4 Å². The van der Waals surface area contributed by atoms with Gasteiger partial charge < -0.3 is 10.8 Å². The minimum Gasteiger partial charge on any atom is -0.395 e. The first kappa shape index (κ1) is 13.8. The van der Waals surface area contributed by atoms with E-state index in [2.05, 4.69) is 18.0 Å². The van der Waals surface area contributed by atoms with Gasteiger partial charge in [-0.15, -0.1) is 11.3 Å². The number of aliphatic hydroxyl groups is 1. The summed E-state index contributed by atoms with van der Waals surface area (Å²) in [5.41, 5.74) is 7.10. The van der Waals surface area contributed by atoms with Crippen LogP contribution in [0.1, 0.15) is 19.8 Å². The highest BCUT2D eigenvalue weighted by Gasteiger charge is 2.19. The van der Waals surface area contributed by atoms with Crippen LogP contribution in [-0.2, 0) is 0 Å². The van der Waals surface area contributed by atoms with Gasteiger partial charge in [0.05, 0.1) is 16.8 Å². The van der Waals surface area contributed by atoms with Crippen LogP contribution in [0.25, 0.3) is 10.2 Å². The largest absolute Gasteiger partial charge is 0.395 e. The second-order valence-electron chi connectivity index (χ2n) is 4.24. The molecule has 18 heavy (non-hydrogen) atoms. The van der Waals surface area contributed by atoms with Gasteiger partial charge in [0.2, 0.25) is 0 Å². The van der Waals surface area contributed by atoms with Crippen molar-refractivity contribution in [1.82, 2.24) is 4.98 Å². The molecule has 1 aromatic heterocycles. The molecule has 1 heterocycles. The molecule has 98 valence electrons. The number of nitrogens with zero attached hydrogens (tertiary/aromatic N) is 1. The van der Waals surface area contributed by atoms with Gasteiger partial charge in [-0.1, -0.05) is 37.2 Å². The Morgan fingerprint density at radius 3 is 2.89 bits per heavy atom. The number of thiazole rings is 1. The molecule has 2 rings (SSSR count). The quantitative estimate of drug-likeness (QED) is 0.800. The Bertz CT molecular complexity index is 467. The number of benzene rings is 1. The van der Waals surface area contributed by atoms with E-state index in [1.54, 1.807) is 23.1 Å². The fraction of sp³-hybridized carbons (Fsp3) is 0.462. The molecule has 0 radical (unpaired) electrons. The maximum absolute atomic E-state index is 9.44. The molecule has 3 nitrogen and oxygen atoms in total. The lowest BCUT2D eigenvalue weighted by molar-refractivity contribution is 0.279. The average molecular weight is 282 g/mol. The van der Waals surface area contributed by atoms with E-state index < -0.39 is 0 Å². The summed E-state index contributed by atoms with van der Waals surface area (Å²) >= 11 is 3.26. The summed E-state index contributed by atoms with van der Waals surface area (Å²) < 4.78 is 2.17. The maximum Gasteiger partial charge on any atom is 0.151 e. The second kappa shape index (κ2) is 6.52. The Labute approximate surface area is 115 Å². The van der Waals surface area contributed by atoms with Gasteiger partial charge in [0.1, 0.15) is 0 Å². The van der Waals surface area contributed by atoms with Crippen LogP contribution in [-0.4, -0.2) is 28.0 Å². The van der Waals surface area contributed by atoms with Gasteiger partial charge in [-0.25, -0.2) is 4.98 Å². The highest BCUT2D eigenvalue weighted by Crippen LogP contribution is 2.33. The molecule has 0 bridgehead atoms. The van der Waals surface area contributed by atoms with E-state index in [0.717, 1.165) is 22.7 Å². The van der Waals surface area contributed by atoms with Crippen molar-refractivity contribution in [1.29, 1.82) is 0 Å². The summed E-state index contributed by atoms with van der Waals surface area (Å²) in [6.07, 6.45) is 1.97. The predicted octanol–water partition coefficient (Wildman–Crippen LogP) is 2.88. The number of nitrogens with two attached hydrogens (primary N) is 1. The van der Waals surface area contributed by atoms with E-state index in [1.807, 2.05) is 18.2 Å². The monoisotopic (exact) mass is 282 g/mol. The molecule has 0 aliphatic heterocycles. The number of fused-ring (bicyclic) bond motifs is 1. The molecule has 0 spiro atoms. The van der Waals surface area contributed by atoms with Gasteiger partial charge in [0.25, 0.3) is 0 Å². The lowest BCUT2D eigenvalue weighted by Gasteiger charge is -2.19. The normalized spacial score (nSPS) is 14.8. The molecular weight excluding hydrogens is 264 g/mol. The zero-order valence-corrected chi connectivity index (χ0v) is 12.0. The summed E-state index contributed by atoms with van der Waals surface area (Å²) in [5.74, 6) is 0. The highest BCUT2D eigenvalue weighted by molar-refractivity contribution is 8.01. The number of hydrogen-bond donors (Lipinski definition) is 2. The average Bonchev–Trinajstić information content (AvgIpc) is 2.78. The van der Waals surface area contributed by atoms with Crippen molar-refractivity contribution in [3.63, 3.8) is 0 Å². The molecule has 3 N–H and O–H groups in total. The molecule has 0 saturated heterocycles. The molecule has 2 unspecified atom stereocenters. The van der Waals surface area contributed by atoms with Crippen LogP contribution in [0.3, 0.4) is 0 Å². The molecule has 0 saturated carbocycles. The summed E-state index contributed by atoms with van der Waals surface area (Å²) in [5, 5.41) is 9.47. The molecule has 0 fully saturated rings. The molecule has 2 aromatic rings. The van der Waals surface area contributed by atoms with Crippen molar-refractivity contribution in [3.8, 4) is 0 Å². The number of aliphatic hydroxyl groups excluding tert-OH is 1. The van der Waals surface area contributed by atoms with Crippen molar-refractivity contribution in [2.24, 2.45) is 5.73 Å². The van der Waals surface area contributed by atoms with Gasteiger partial charge in [0, 0.05) is 11.3 Å². The van der Waals surface area contributed by atoms with Crippen molar-refractivity contribution in [3.05, 3.63) is 24.3 Å². The lowest BCUT2D eigenvalue weighted by atomic mass is 10.1. The molecule has 1 aromatic carbocycles. The smallest absolute Gasteiger partial charge is 0.151 e. The Morgan fingerprint density at radius 2 is 2.22 bits per heavy atom. The van der Waals surface area contributed by atoms with E-state index in [1.165, 1.54) is 4.70 Å². The van der Waals surface area contributed by atoms with Crippen molar-refractivity contribution < 1.29 is 5.11 Å². The van der Waals surface area contributed by atoms with E-state index in [9.17, 15) is 5.11 Å². The van der Waals surface area contributed by atoms with Gasteiger partial charge in [-0.2, -0.15) is 0 Å². The minimum absolute atomic E-state index is 0.0250. The predicted molar refractivity (Wildman–Crippen MR) is 79.2 cm³/mol. The zero-order chi connectivity index (χ0) is 13.0. The standard InChI is InChI=1S/C13H18N2OS2/c1-2-5-9(14)12(8-16)18-13-15-10-6-3-4-7-11(10)17-13/h3-4,6-7,9,12,16H,2,5,8,14H2,1H3. The van der Waals surface area contributed by atoms with Gasteiger partial charge in [-0.3, -0.25) is 0 Å². The van der Waals surface area contributed by atoms with Crippen molar-refractivity contribution in [2.75, 3.05) is 6.61 Å². The third kappa shape index (κ3) is 3.23. The summed E-state index contributed by atoms with van der Waals surface area (Å²) in [7, 11) is 0. The van der Waals surface area contributed by atoms with Crippen LogP contribution in [0.4, 0.5) is 0 Å². The van der Waals surface area contributed by atoms with Crippen molar-refractivity contribution >= 4 is 33.3 Å². The Hall–Kier alpha value is -0.620. The van der Waals surface area contributed by atoms with Crippen LogP contribution in [0, 0.1) is 0 Å². The molecule has 0 aliphatic rings. The number of aromatic nitrogens is 1. The first-order chi connectivity index (χ1) is 8.74. The van der Waals surface area contributed by atoms with Crippen LogP contribution in [0.15, 0.2) is 28.6 Å². The fourth-order valence-electron chi connectivity index (χ4n) is 1.81. The fourth-order valence-corrected chi connectivity index (χ4v) is 4.14. The second-order valence-corrected chi connectivity index (χ2v) is 6.76. The SMILES string of the molecule is CCCC(N)C(CO)Sc1nc2ccccc2s1. The van der Waals surface area contributed by atoms with Gasteiger partial charge >= 0.3 is 0 Å². The Balaban J connectivity index is 2.11.